The molecule has 0 aliphatic carbocycles. The van der Waals surface area contributed by atoms with Crippen LogP contribution < -0.4 is 4.90 Å². The molecule has 1 heterocycles. The molecule has 0 bridgehead atoms. The van der Waals surface area contributed by atoms with E-state index in [0.29, 0.717) is 0 Å². The number of benzene rings is 3. The summed E-state index contributed by atoms with van der Waals surface area (Å²) in [6.07, 6.45) is 0. The number of rotatable bonds is 3. The summed E-state index contributed by atoms with van der Waals surface area (Å²) in [6, 6.07) is 26.0. The number of fused-ring (bicyclic) bond motifs is 1. The first-order valence-corrected chi connectivity index (χ1v) is 9.24. The molecule has 1 unspecified atom stereocenters. The van der Waals surface area contributed by atoms with E-state index < -0.39 is 16.7 Å². The van der Waals surface area contributed by atoms with E-state index >= 15 is 0 Å². The highest BCUT2D eigenvalue weighted by molar-refractivity contribution is 7.80. The molecule has 1 atom stereocenters. The van der Waals surface area contributed by atoms with Crippen molar-refractivity contribution in [1.82, 2.24) is 0 Å². The van der Waals surface area contributed by atoms with Gasteiger partial charge in [0.05, 0.1) is 4.90 Å². The lowest BCUT2D eigenvalue weighted by atomic mass is 9.80. The summed E-state index contributed by atoms with van der Waals surface area (Å²) in [4.78, 5) is 2.74. The minimum absolute atomic E-state index is 0.735. The summed E-state index contributed by atoms with van der Waals surface area (Å²) >= 11 is -1.52. The average molecular weight is 349 g/mol. The van der Waals surface area contributed by atoms with Gasteiger partial charge in [-0.25, -0.2) is 4.21 Å². The van der Waals surface area contributed by atoms with Crippen LogP contribution in [0.2, 0.25) is 0 Å². The third-order valence-electron chi connectivity index (χ3n) is 4.60. The molecule has 126 valence electrons. The van der Waals surface area contributed by atoms with Crippen molar-refractivity contribution in [1.29, 1.82) is 0 Å². The second-order valence-corrected chi connectivity index (χ2v) is 7.38. The minimum atomic E-state index is -1.52. The van der Waals surface area contributed by atoms with Crippen LogP contribution in [-0.4, -0.2) is 18.3 Å². The molecule has 1 aliphatic rings. The molecule has 1 aliphatic heterocycles. The van der Waals surface area contributed by atoms with Crippen molar-refractivity contribution >= 4 is 16.8 Å². The predicted molar refractivity (Wildman–Crippen MR) is 101 cm³/mol. The van der Waals surface area contributed by atoms with E-state index in [9.17, 15) is 4.21 Å². The SMILES string of the molecule is CN(C)c1ccc2c(c1)S(=O)OC2(c1ccccc1)c1ccccc1. The molecule has 3 aromatic carbocycles. The molecule has 0 fully saturated rings. The van der Waals surface area contributed by atoms with Crippen LogP contribution in [0.5, 0.6) is 0 Å². The van der Waals surface area contributed by atoms with Gasteiger partial charge in [0.15, 0.2) is 16.7 Å². The highest BCUT2D eigenvalue weighted by Gasteiger charge is 2.47. The van der Waals surface area contributed by atoms with Gasteiger partial charge in [-0.2, -0.15) is 0 Å². The Balaban J connectivity index is 2.01. The predicted octanol–water partition coefficient (Wildman–Crippen LogP) is 4.10. The zero-order chi connectivity index (χ0) is 17.4. The van der Waals surface area contributed by atoms with E-state index in [1.165, 1.54) is 0 Å². The van der Waals surface area contributed by atoms with Crippen molar-refractivity contribution in [3.63, 3.8) is 0 Å². The van der Waals surface area contributed by atoms with Gasteiger partial charge in [0.2, 0.25) is 0 Å². The molecule has 4 rings (SSSR count). The van der Waals surface area contributed by atoms with Crippen LogP contribution in [0.4, 0.5) is 5.69 Å². The number of hydrogen-bond donors (Lipinski definition) is 0. The summed E-state index contributed by atoms with van der Waals surface area (Å²) in [7, 11) is 3.95. The lowest BCUT2D eigenvalue weighted by Crippen LogP contribution is -2.28. The van der Waals surface area contributed by atoms with Crippen molar-refractivity contribution in [3.8, 4) is 0 Å². The van der Waals surface area contributed by atoms with E-state index in [1.54, 1.807) is 0 Å². The van der Waals surface area contributed by atoms with Gasteiger partial charge >= 0.3 is 0 Å². The molecule has 0 aromatic heterocycles. The van der Waals surface area contributed by atoms with Crippen molar-refractivity contribution in [2.24, 2.45) is 0 Å². The van der Waals surface area contributed by atoms with Gasteiger partial charge in [-0.15, -0.1) is 0 Å². The second-order valence-electron chi connectivity index (χ2n) is 6.31. The summed E-state index contributed by atoms with van der Waals surface area (Å²) in [5.41, 5.74) is 3.05. The van der Waals surface area contributed by atoms with Crippen molar-refractivity contribution in [3.05, 3.63) is 95.6 Å². The van der Waals surface area contributed by atoms with Gasteiger partial charge < -0.3 is 4.90 Å². The summed E-state index contributed by atoms with van der Waals surface area (Å²) in [5.74, 6) is 0. The van der Waals surface area contributed by atoms with Gasteiger partial charge in [-0.1, -0.05) is 66.7 Å². The number of nitrogens with zero attached hydrogens (tertiary/aromatic N) is 1. The third-order valence-corrected chi connectivity index (χ3v) is 5.70. The molecule has 3 nitrogen and oxygen atoms in total. The molecule has 3 aromatic rings. The standard InChI is InChI=1S/C21H19NO2S/c1-22(2)18-13-14-19-20(15-18)25(23)24-21(19,16-9-5-3-6-10-16)17-11-7-4-8-12-17/h3-15H,1-2H3. The Hall–Kier alpha value is -2.43. The minimum Gasteiger partial charge on any atom is -0.378 e. The molecule has 0 spiro atoms. The second kappa shape index (κ2) is 6.14. The van der Waals surface area contributed by atoms with E-state index in [1.807, 2.05) is 97.9 Å². The Morgan fingerprint density at radius 3 is 1.92 bits per heavy atom. The summed E-state index contributed by atoms with van der Waals surface area (Å²) in [6.45, 7) is 0. The summed E-state index contributed by atoms with van der Waals surface area (Å²) < 4.78 is 19.1. The highest BCUT2D eigenvalue weighted by Crippen LogP contribution is 2.49. The first kappa shape index (κ1) is 16.1. The van der Waals surface area contributed by atoms with Gasteiger partial charge in [-0.05, 0) is 23.3 Å². The molecule has 0 amide bonds. The molecule has 25 heavy (non-hydrogen) atoms. The maximum Gasteiger partial charge on any atom is 0.191 e. The van der Waals surface area contributed by atoms with E-state index in [2.05, 4.69) is 0 Å². The number of hydrogen-bond acceptors (Lipinski definition) is 3. The molecular formula is C21H19NO2S. The Morgan fingerprint density at radius 1 is 0.840 bits per heavy atom. The highest BCUT2D eigenvalue weighted by atomic mass is 32.2. The van der Waals surface area contributed by atoms with Crippen LogP contribution in [0, 0.1) is 0 Å². The van der Waals surface area contributed by atoms with Crippen LogP contribution >= 0.6 is 0 Å². The zero-order valence-electron chi connectivity index (χ0n) is 14.2. The monoisotopic (exact) mass is 349 g/mol. The quantitative estimate of drug-likeness (QED) is 0.713. The van der Waals surface area contributed by atoms with E-state index in [-0.39, 0.29) is 0 Å². The smallest absolute Gasteiger partial charge is 0.191 e. The van der Waals surface area contributed by atoms with E-state index in [4.69, 9.17) is 4.18 Å². The lowest BCUT2D eigenvalue weighted by Gasteiger charge is -2.29. The molecular weight excluding hydrogens is 330 g/mol. The number of anilines is 1. The lowest BCUT2D eigenvalue weighted by molar-refractivity contribution is 0.193. The zero-order valence-corrected chi connectivity index (χ0v) is 15.0. The van der Waals surface area contributed by atoms with Gasteiger partial charge in [0, 0.05) is 25.3 Å². The fraction of sp³-hybridized carbons (Fsp3) is 0.143. The largest absolute Gasteiger partial charge is 0.378 e. The molecule has 4 heteroatoms. The van der Waals surface area contributed by atoms with Crippen molar-refractivity contribution in [2.45, 2.75) is 10.5 Å². The maximum absolute atomic E-state index is 12.9. The third kappa shape index (κ3) is 2.49. The molecule has 0 saturated heterocycles. The van der Waals surface area contributed by atoms with Gasteiger partial charge in [-0.3, -0.25) is 4.18 Å². The van der Waals surface area contributed by atoms with Crippen LogP contribution in [0.25, 0.3) is 0 Å². The Morgan fingerprint density at radius 2 is 1.40 bits per heavy atom. The topological polar surface area (TPSA) is 29.5 Å². The van der Waals surface area contributed by atoms with Crippen LogP contribution in [0.1, 0.15) is 16.7 Å². The summed E-state index contributed by atoms with van der Waals surface area (Å²) in [5, 5.41) is 0. The van der Waals surface area contributed by atoms with Gasteiger partial charge in [0.1, 0.15) is 0 Å². The van der Waals surface area contributed by atoms with Crippen LogP contribution in [-0.2, 0) is 20.9 Å². The van der Waals surface area contributed by atoms with Crippen molar-refractivity contribution in [2.75, 3.05) is 19.0 Å². The maximum atomic E-state index is 12.9. The normalized spacial score (nSPS) is 17.9. The molecule has 0 radical (unpaired) electrons. The Kier molecular flexibility index (Phi) is 3.94. The van der Waals surface area contributed by atoms with Crippen LogP contribution in [0.3, 0.4) is 0 Å². The molecule has 0 N–H and O–H groups in total. The van der Waals surface area contributed by atoms with Gasteiger partial charge in [0.25, 0.3) is 0 Å². The van der Waals surface area contributed by atoms with Crippen LogP contribution in [0.15, 0.2) is 83.8 Å². The fourth-order valence-electron chi connectivity index (χ4n) is 3.34. The molecule has 0 saturated carbocycles. The first-order valence-electron chi connectivity index (χ1n) is 8.17. The Labute approximate surface area is 150 Å². The fourth-order valence-corrected chi connectivity index (χ4v) is 4.55. The van der Waals surface area contributed by atoms with E-state index in [0.717, 1.165) is 27.3 Å². The first-order chi connectivity index (χ1) is 12.1. The average Bonchev–Trinajstić information content (AvgIpc) is 2.96. The van der Waals surface area contributed by atoms with Crippen molar-refractivity contribution < 1.29 is 8.39 Å². The Bertz CT molecular complexity index is 884.